The minimum atomic E-state index is -3.44. The first kappa shape index (κ1) is 22.7. The average Bonchev–Trinajstić information content (AvgIpc) is 3.11. The van der Waals surface area contributed by atoms with Crippen LogP contribution >= 0.6 is 0 Å². The van der Waals surface area contributed by atoms with Crippen LogP contribution in [0.5, 0.6) is 0 Å². The summed E-state index contributed by atoms with van der Waals surface area (Å²) in [6.07, 6.45) is 5.31. The summed E-state index contributed by atoms with van der Waals surface area (Å²) < 4.78 is 30.0. The highest BCUT2D eigenvalue weighted by atomic mass is 32.2. The SMILES string of the molecule is CCn1c(CN2CCC(NC(C)C)CC2)nc2cc(S(=O)(=O)N3CCCCC3)ccc21. The molecular weight excluding hydrogens is 410 g/mol. The van der Waals surface area contributed by atoms with E-state index in [1.54, 1.807) is 16.4 Å². The number of benzene rings is 1. The Morgan fingerprint density at radius 2 is 1.81 bits per heavy atom. The Morgan fingerprint density at radius 1 is 1.10 bits per heavy atom. The molecule has 3 heterocycles. The zero-order valence-corrected chi connectivity index (χ0v) is 20.0. The van der Waals surface area contributed by atoms with E-state index in [0.717, 1.165) is 75.1 Å². The number of piperidine rings is 2. The molecule has 1 aromatic carbocycles. The third-order valence-electron chi connectivity index (χ3n) is 6.59. The lowest BCUT2D eigenvalue weighted by molar-refractivity contribution is 0.181. The van der Waals surface area contributed by atoms with Gasteiger partial charge in [0.1, 0.15) is 5.82 Å². The van der Waals surface area contributed by atoms with Gasteiger partial charge in [-0.3, -0.25) is 4.90 Å². The fourth-order valence-electron chi connectivity index (χ4n) is 4.98. The molecule has 0 spiro atoms. The zero-order chi connectivity index (χ0) is 22.0. The number of sulfonamides is 1. The highest BCUT2D eigenvalue weighted by Crippen LogP contribution is 2.26. The van der Waals surface area contributed by atoms with Gasteiger partial charge in [0.15, 0.2) is 0 Å². The van der Waals surface area contributed by atoms with Gasteiger partial charge in [0.05, 0.1) is 22.5 Å². The van der Waals surface area contributed by atoms with Gasteiger partial charge in [-0.2, -0.15) is 4.31 Å². The zero-order valence-electron chi connectivity index (χ0n) is 19.2. The number of likely N-dealkylation sites (tertiary alicyclic amines) is 1. The highest BCUT2D eigenvalue weighted by molar-refractivity contribution is 7.89. The van der Waals surface area contributed by atoms with Crippen molar-refractivity contribution < 1.29 is 8.42 Å². The van der Waals surface area contributed by atoms with E-state index in [2.05, 4.69) is 35.6 Å². The monoisotopic (exact) mass is 447 g/mol. The second-order valence-corrected chi connectivity index (χ2v) is 11.2. The largest absolute Gasteiger partial charge is 0.327 e. The molecule has 2 fully saturated rings. The third-order valence-corrected chi connectivity index (χ3v) is 8.48. The quantitative estimate of drug-likeness (QED) is 0.706. The van der Waals surface area contributed by atoms with Crippen molar-refractivity contribution in [2.24, 2.45) is 0 Å². The van der Waals surface area contributed by atoms with Crippen LogP contribution in [0.15, 0.2) is 23.1 Å². The van der Waals surface area contributed by atoms with E-state index in [4.69, 9.17) is 4.98 Å². The molecule has 0 amide bonds. The van der Waals surface area contributed by atoms with Crippen LogP contribution in [-0.2, 0) is 23.1 Å². The Kier molecular flexibility index (Phi) is 7.01. The van der Waals surface area contributed by atoms with Crippen molar-refractivity contribution >= 4 is 21.1 Å². The standard InChI is InChI=1S/C23H37N5O2S/c1-4-28-22-9-8-20(31(29,30)27-12-6-5-7-13-27)16-21(22)25-23(28)17-26-14-10-19(11-15-26)24-18(2)3/h8-9,16,18-19,24H,4-7,10-15,17H2,1-3H3. The maximum Gasteiger partial charge on any atom is 0.243 e. The van der Waals surface area contributed by atoms with Crippen LogP contribution in [0.2, 0.25) is 0 Å². The van der Waals surface area contributed by atoms with Gasteiger partial charge in [0.2, 0.25) is 10.0 Å². The maximum atomic E-state index is 13.1. The molecule has 0 aliphatic carbocycles. The van der Waals surface area contributed by atoms with E-state index < -0.39 is 10.0 Å². The molecule has 0 radical (unpaired) electrons. The number of hydrogen-bond donors (Lipinski definition) is 1. The molecule has 31 heavy (non-hydrogen) atoms. The highest BCUT2D eigenvalue weighted by Gasteiger charge is 2.27. The number of fused-ring (bicyclic) bond motifs is 1. The summed E-state index contributed by atoms with van der Waals surface area (Å²) in [7, 11) is -3.44. The van der Waals surface area contributed by atoms with Crippen LogP contribution in [0.4, 0.5) is 0 Å². The molecular formula is C23H37N5O2S. The lowest BCUT2D eigenvalue weighted by Crippen LogP contribution is -2.44. The molecule has 2 aromatic rings. The van der Waals surface area contributed by atoms with Crippen molar-refractivity contribution in [2.75, 3.05) is 26.2 Å². The summed E-state index contributed by atoms with van der Waals surface area (Å²) in [5.74, 6) is 1.03. The van der Waals surface area contributed by atoms with Gasteiger partial charge in [-0.15, -0.1) is 0 Å². The maximum absolute atomic E-state index is 13.1. The molecule has 0 unspecified atom stereocenters. The van der Waals surface area contributed by atoms with E-state index in [-0.39, 0.29) is 0 Å². The summed E-state index contributed by atoms with van der Waals surface area (Å²) in [6.45, 7) is 11.5. The van der Waals surface area contributed by atoms with Crippen molar-refractivity contribution in [3.63, 3.8) is 0 Å². The number of aromatic nitrogens is 2. The van der Waals surface area contributed by atoms with E-state index >= 15 is 0 Å². The van der Waals surface area contributed by atoms with Crippen LogP contribution in [0.1, 0.15) is 58.7 Å². The number of aryl methyl sites for hydroxylation is 1. The Bertz CT molecular complexity index is 987. The molecule has 0 atom stereocenters. The molecule has 0 bridgehead atoms. The second-order valence-electron chi connectivity index (χ2n) is 9.26. The third kappa shape index (κ3) is 4.97. The van der Waals surface area contributed by atoms with Gasteiger partial charge in [-0.05, 0) is 50.8 Å². The molecule has 0 saturated carbocycles. The lowest BCUT2D eigenvalue weighted by atomic mass is 10.0. The van der Waals surface area contributed by atoms with E-state index in [9.17, 15) is 8.42 Å². The van der Waals surface area contributed by atoms with Gasteiger partial charge in [0, 0.05) is 44.8 Å². The Balaban J connectivity index is 1.52. The molecule has 1 aromatic heterocycles. The van der Waals surface area contributed by atoms with Crippen molar-refractivity contribution in [2.45, 2.75) is 82.9 Å². The molecule has 8 heteroatoms. The summed E-state index contributed by atoms with van der Waals surface area (Å²) in [4.78, 5) is 7.73. The molecule has 2 saturated heterocycles. The molecule has 2 aliphatic rings. The Morgan fingerprint density at radius 3 is 2.45 bits per heavy atom. The Hall–Kier alpha value is -1.48. The fourth-order valence-corrected chi connectivity index (χ4v) is 6.51. The molecule has 7 nitrogen and oxygen atoms in total. The van der Waals surface area contributed by atoms with Crippen molar-refractivity contribution in [3.8, 4) is 0 Å². The number of nitrogens with one attached hydrogen (secondary N) is 1. The summed E-state index contributed by atoms with van der Waals surface area (Å²) >= 11 is 0. The van der Waals surface area contributed by atoms with Crippen LogP contribution < -0.4 is 5.32 Å². The minimum absolute atomic E-state index is 0.370. The van der Waals surface area contributed by atoms with Gasteiger partial charge in [-0.1, -0.05) is 20.3 Å². The molecule has 1 N–H and O–H groups in total. The number of imidazole rings is 1. The van der Waals surface area contributed by atoms with Crippen molar-refractivity contribution in [1.82, 2.24) is 24.1 Å². The topological polar surface area (TPSA) is 70.5 Å². The lowest BCUT2D eigenvalue weighted by Gasteiger charge is -2.33. The smallest absolute Gasteiger partial charge is 0.243 e. The van der Waals surface area contributed by atoms with Gasteiger partial charge in [-0.25, -0.2) is 13.4 Å². The Labute approximate surface area is 186 Å². The minimum Gasteiger partial charge on any atom is -0.327 e. The van der Waals surface area contributed by atoms with Crippen LogP contribution in [-0.4, -0.2) is 65.4 Å². The normalized spacial score (nSPS) is 20.1. The van der Waals surface area contributed by atoms with Gasteiger partial charge in [0.25, 0.3) is 0 Å². The average molecular weight is 448 g/mol. The second kappa shape index (κ2) is 9.57. The predicted octanol–water partition coefficient (Wildman–Crippen LogP) is 3.19. The summed E-state index contributed by atoms with van der Waals surface area (Å²) in [5, 5.41) is 3.65. The fraction of sp³-hybridized carbons (Fsp3) is 0.696. The van der Waals surface area contributed by atoms with Crippen LogP contribution in [0.3, 0.4) is 0 Å². The van der Waals surface area contributed by atoms with Crippen molar-refractivity contribution in [1.29, 1.82) is 0 Å². The number of rotatable bonds is 7. The first-order valence-corrected chi connectivity index (χ1v) is 13.3. The van der Waals surface area contributed by atoms with Crippen LogP contribution in [0.25, 0.3) is 11.0 Å². The van der Waals surface area contributed by atoms with E-state index in [1.807, 2.05) is 6.07 Å². The predicted molar refractivity (Wildman–Crippen MR) is 125 cm³/mol. The summed E-state index contributed by atoms with van der Waals surface area (Å²) in [6, 6.07) is 6.59. The van der Waals surface area contributed by atoms with Gasteiger partial charge < -0.3 is 9.88 Å². The van der Waals surface area contributed by atoms with Crippen molar-refractivity contribution in [3.05, 3.63) is 24.0 Å². The molecule has 4 rings (SSSR count). The molecule has 172 valence electrons. The van der Waals surface area contributed by atoms with Gasteiger partial charge >= 0.3 is 0 Å². The summed E-state index contributed by atoms with van der Waals surface area (Å²) in [5.41, 5.74) is 1.80. The molecule has 2 aliphatic heterocycles. The van der Waals surface area contributed by atoms with E-state index in [1.165, 1.54) is 0 Å². The first-order chi connectivity index (χ1) is 14.9. The number of hydrogen-bond acceptors (Lipinski definition) is 5. The number of nitrogens with zero attached hydrogens (tertiary/aromatic N) is 4. The van der Waals surface area contributed by atoms with E-state index in [0.29, 0.717) is 30.1 Å². The van der Waals surface area contributed by atoms with Crippen LogP contribution in [0, 0.1) is 0 Å². The first-order valence-electron chi connectivity index (χ1n) is 11.9.